The number of rotatable bonds is 6. The van der Waals surface area contributed by atoms with E-state index in [4.69, 9.17) is 9.15 Å². The number of halogens is 1. The van der Waals surface area contributed by atoms with Crippen LogP contribution in [-0.4, -0.2) is 18.5 Å². The molecular formula is C22H20FNO4. The summed E-state index contributed by atoms with van der Waals surface area (Å²) in [6.07, 6.45) is 0.754. The molecule has 5 nitrogen and oxygen atoms in total. The summed E-state index contributed by atoms with van der Waals surface area (Å²) in [5, 5.41) is 2.77. The van der Waals surface area contributed by atoms with Crippen LogP contribution in [0.4, 0.5) is 10.1 Å². The lowest BCUT2D eigenvalue weighted by Gasteiger charge is -2.06. The number of carbonyl (C=O) groups is 2. The topological polar surface area (TPSA) is 68.5 Å². The maximum Gasteiger partial charge on any atom is 0.338 e. The molecular weight excluding hydrogens is 361 g/mol. The molecule has 0 spiro atoms. The maximum atomic E-state index is 13.1. The van der Waals surface area contributed by atoms with Crippen LogP contribution in [0.15, 0.2) is 59.0 Å². The summed E-state index contributed by atoms with van der Waals surface area (Å²) in [6, 6.07) is 13.9. The molecule has 144 valence electrons. The number of nitrogens with one attached hydrogen (secondary N) is 1. The lowest BCUT2D eigenvalue weighted by Crippen LogP contribution is -2.12. The van der Waals surface area contributed by atoms with Gasteiger partial charge in [-0.3, -0.25) is 4.79 Å². The van der Waals surface area contributed by atoms with Gasteiger partial charge in [0, 0.05) is 11.3 Å². The van der Waals surface area contributed by atoms with Crippen LogP contribution in [0, 0.1) is 12.7 Å². The van der Waals surface area contributed by atoms with Crippen LogP contribution in [0.5, 0.6) is 0 Å². The van der Waals surface area contributed by atoms with Crippen LogP contribution in [0.3, 0.4) is 0 Å². The number of esters is 1. The molecule has 28 heavy (non-hydrogen) atoms. The van der Waals surface area contributed by atoms with E-state index in [2.05, 4.69) is 5.32 Å². The van der Waals surface area contributed by atoms with Crippen molar-refractivity contribution in [3.63, 3.8) is 0 Å². The van der Waals surface area contributed by atoms with Gasteiger partial charge in [-0.25, -0.2) is 9.18 Å². The van der Waals surface area contributed by atoms with E-state index in [1.807, 2.05) is 6.92 Å². The highest BCUT2D eigenvalue weighted by Crippen LogP contribution is 2.26. The summed E-state index contributed by atoms with van der Waals surface area (Å²) < 4.78 is 23.8. The maximum absolute atomic E-state index is 13.1. The highest BCUT2D eigenvalue weighted by atomic mass is 19.1. The molecule has 0 unspecified atom stereocenters. The van der Waals surface area contributed by atoms with Gasteiger partial charge in [0.1, 0.15) is 17.3 Å². The minimum absolute atomic E-state index is 0.337. The van der Waals surface area contributed by atoms with E-state index in [1.165, 1.54) is 12.1 Å². The van der Waals surface area contributed by atoms with Crippen LogP contribution in [0.1, 0.15) is 39.8 Å². The molecule has 0 fully saturated rings. The van der Waals surface area contributed by atoms with Gasteiger partial charge in [0.15, 0.2) is 0 Å². The fraction of sp³-hybridized carbons (Fsp3) is 0.182. The average Bonchev–Trinajstić information content (AvgIpc) is 3.09. The van der Waals surface area contributed by atoms with Gasteiger partial charge in [-0.15, -0.1) is 0 Å². The van der Waals surface area contributed by atoms with Crippen LogP contribution >= 0.6 is 0 Å². The Kier molecular flexibility index (Phi) is 5.89. The van der Waals surface area contributed by atoms with Crippen molar-refractivity contribution in [2.45, 2.75) is 20.3 Å². The van der Waals surface area contributed by atoms with E-state index < -0.39 is 5.97 Å². The first-order valence-electron chi connectivity index (χ1n) is 8.93. The molecule has 0 aliphatic carbocycles. The molecule has 0 aliphatic heterocycles. The van der Waals surface area contributed by atoms with Crippen LogP contribution in [-0.2, 0) is 4.74 Å². The Labute approximate surface area is 162 Å². The molecule has 0 saturated heterocycles. The molecule has 1 aromatic heterocycles. The van der Waals surface area contributed by atoms with Gasteiger partial charge >= 0.3 is 5.97 Å². The molecule has 6 heteroatoms. The van der Waals surface area contributed by atoms with Crippen molar-refractivity contribution in [1.29, 1.82) is 0 Å². The zero-order valence-corrected chi connectivity index (χ0v) is 15.6. The van der Waals surface area contributed by atoms with Gasteiger partial charge in [-0.2, -0.15) is 0 Å². The van der Waals surface area contributed by atoms with Crippen LogP contribution in [0.25, 0.3) is 11.3 Å². The first-order valence-corrected chi connectivity index (χ1v) is 8.93. The summed E-state index contributed by atoms with van der Waals surface area (Å²) in [7, 11) is 0. The number of anilines is 1. The normalized spacial score (nSPS) is 10.5. The zero-order valence-electron chi connectivity index (χ0n) is 15.6. The summed E-state index contributed by atoms with van der Waals surface area (Å²) in [5.74, 6) is -0.134. The average molecular weight is 381 g/mol. The quantitative estimate of drug-likeness (QED) is 0.595. The zero-order chi connectivity index (χ0) is 20.1. The Bertz CT molecular complexity index is 975. The Morgan fingerprint density at radius 1 is 1.07 bits per heavy atom. The lowest BCUT2D eigenvalue weighted by molar-refractivity contribution is 0.0505. The smallest absolute Gasteiger partial charge is 0.338 e. The second-order valence-electron chi connectivity index (χ2n) is 6.25. The molecule has 3 aromatic rings. The summed E-state index contributed by atoms with van der Waals surface area (Å²) in [6.45, 7) is 3.98. The third-order valence-corrected chi connectivity index (χ3v) is 4.11. The predicted octanol–water partition coefficient (Wildman–Crippen LogP) is 5.21. The van der Waals surface area contributed by atoms with Crippen molar-refractivity contribution < 1.29 is 23.1 Å². The van der Waals surface area contributed by atoms with Gasteiger partial charge < -0.3 is 14.5 Å². The first-order chi connectivity index (χ1) is 13.5. The predicted molar refractivity (Wildman–Crippen MR) is 104 cm³/mol. The molecule has 0 bridgehead atoms. The molecule has 0 aliphatic rings. The minimum Gasteiger partial charge on any atom is -0.462 e. The number of ether oxygens (including phenoxy) is 1. The molecule has 1 amide bonds. The minimum atomic E-state index is -0.394. The Morgan fingerprint density at radius 2 is 1.75 bits per heavy atom. The van der Waals surface area contributed by atoms with E-state index in [0.29, 0.717) is 40.5 Å². The highest BCUT2D eigenvalue weighted by Gasteiger charge is 2.16. The first kappa shape index (κ1) is 19.4. The SMILES string of the molecule is CCCOC(=O)c1ccc(NC(=O)c2cc(-c3ccc(F)cc3)oc2C)cc1. The van der Waals surface area contributed by atoms with E-state index in [1.54, 1.807) is 49.4 Å². The summed E-state index contributed by atoms with van der Waals surface area (Å²) in [5.41, 5.74) is 2.02. The number of hydrogen-bond donors (Lipinski definition) is 1. The largest absolute Gasteiger partial charge is 0.462 e. The molecule has 0 radical (unpaired) electrons. The number of aryl methyl sites for hydroxylation is 1. The van der Waals surface area contributed by atoms with E-state index >= 15 is 0 Å². The molecule has 3 rings (SSSR count). The lowest BCUT2D eigenvalue weighted by atomic mass is 10.1. The summed E-state index contributed by atoms with van der Waals surface area (Å²) in [4.78, 5) is 24.4. The number of amides is 1. The summed E-state index contributed by atoms with van der Waals surface area (Å²) >= 11 is 0. The van der Waals surface area contributed by atoms with Gasteiger partial charge in [-0.1, -0.05) is 6.92 Å². The van der Waals surface area contributed by atoms with Crippen LogP contribution in [0.2, 0.25) is 0 Å². The second-order valence-corrected chi connectivity index (χ2v) is 6.25. The van der Waals surface area contributed by atoms with Crippen molar-refractivity contribution in [2.24, 2.45) is 0 Å². The molecule has 1 N–H and O–H groups in total. The van der Waals surface area contributed by atoms with Gasteiger partial charge in [0.25, 0.3) is 5.91 Å². The fourth-order valence-electron chi connectivity index (χ4n) is 2.63. The third kappa shape index (κ3) is 4.46. The van der Waals surface area contributed by atoms with Gasteiger partial charge in [-0.05, 0) is 67.9 Å². The van der Waals surface area contributed by atoms with E-state index in [-0.39, 0.29) is 11.7 Å². The monoisotopic (exact) mass is 381 g/mol. The molecule has 0 saturated carbocycles. The van der Waals surface area contributed by atoms with Crippen molar-refractivity contribution in [1.82, 2.24) is 0 Å². The third-order valence-electron chi connectivity index (χ3n) is 4.11. The Morgan fingerprint density at radius 3 is 2.39 bits per heavy atom. The molecule has 1 heterocycles. The van der Waals surface area contributed by atoms with Crippen molar-refractivity contribution in [3.05, 3.63) is 77.3 Å². The number of benzene rings is 2. The Balaban J connectivity index is 1.71. The van der Waals surface area contributed by atoms with Gasteiger partial charge in [0.05, 0.1) is 17.7 Å². The number of carbonyl (C=O) groups excluding carboxylic acids is 2. The van der Waals surface area contributed by atoms with Crippen molar-refractivity contribution in [3.8, 4) is 11.3 Å². The fourth-order valence-corrected chi connectivity index (χ4v) is 2.63. The van der Waals surface area contributed by atoms with Gasteiger partial charge in [0.2, 0.25) is 0 Å². The second kappa shape index (κ2) is 8.52. The number of hydrogen-bond acceptors (Lipinski definition) is 4. The van der Waals surface area contributed by atoms with Crippen molar-refractivity contribution >= 4 is 17.6 Å². The van der Waals surface area contributed by atoms with Crippen LogP contribution < -0.4 is 5.32 Å². The highest BCUT2D eigenvalue weighted by molar-refractivity contribution is 6.05. The molecule has 0 atom stereocenters. The standard InChI is InChI=1S/C22H20FNO4/c1-3-12-27-22(26)16-6-10-18(11-7-16)24-21(25)19-13-20(28-14(19)2)15-4-8-17(23)9-5-15/h4-11,13H,3,12H2,1-2H3,(H,24,25). The molecule has 2 aromatic carbocycles. The van der Waals surface area contributed by atoms with E-state index in [9.17, 15) is 14.0 Å². The van der Waals surface area contributed by atoms with E-state index in [0.717, 1.165) is 6.42 Å². The number of furan rings is 1. The van der Waals surface area contributed by atoms with Crippen molar-refractivity contribution in [2.75, 3.05) is 11.9 Å². The Hall–Kier alpha value is -3.41.